The van der Waals surface area contributed by atoms with Crippen molar-refractivity contribution < 1.29 is 4.74 Å². The number of nitrogens with one attached hydrogen (secondary N) is 1. The highest BCUT2D eigenvalue weighted by Crippen LogP contribution is 2.12. The number of ether oxygens (including phenoxy) is 1. The first-order chi connectivity index (χ1) is 9.70. The molecule has 6 heteroatoms. The fraction of sp³-hybridized carbons (Fsp3) is 0.714. The quantitative estimate of drug-likeness (QED) is 0.840. The van der Waals surface area contributed by atoms with Gasteiger partial charge in [0.1, 0.15) is 11.6 Å². The fourth-order valence-corrected chi connectivity index (χ4v) is 2.35. The van der Waals surface area contributed by atoms with E-state index in [4.69, 9.17) is 4.74 Å². The summed E-state index contributed by atoms with van der Waals surface area (Å²) in [7, 11) is 3.94. The molecule has 0 aromatic carbocycles. The first-order valence-corrected chi connectivity index (χ1v) is 7.25. The number of hydrogen-bond acceptors (Lipinski definition) is 6. The third-order valence-electron chi connectivity index (χ3n) is 3.63. The van der Waals surface area contributed by atoms with Crippen LogP contribution < -0.4 is 10.2 Å². The molecule has 112 valence electrons. The monoisotopic (exact) mass is 279 g/mol. The molecular weight excluding hydrogens is 254 g/mol. The molecule has 0 amide bonds. The van der Waals surface area contributed by atoms with Crippen LogP contribution in [0, 0.1) is 0 Å². The van der Waals surface area contributed by atoms with Crippen molar-refractivity contribution in [1.82, 2.24) is 14.9 Å². The lowest BCUT2D eigenvalue weighted by Crippen LogP contribution is -2.46. The van der Waals surface area contributed by atoms with Crippen molar-refractivity contribution in [2.24, 2.45) is 0 Å². The molecule has 0 bridgehead atoms. The smallest absolute Gasteiger partial charge is 0.149 e. The summed E-state index contributed by atoms with van der Waals surface area (Å²) >= 11 is 0. The van der Waals surface area contributed by atoms with E-state index in [1.54, 1.807) is 12.4 Å². The Balaban J connectivity index is 1.90. The summed E-state index contributed by atoms with van der Waals surface area (Å²) in [5, 5.41) is 3.41. The molecule has 0 spiro atoms. The van der Waals surface area contributed by atoms with Gasteiger partial charge in [0.25, 0.3) is 0 Å². The highest BCUT2D eigenvalue weighted by atomic mass is 16.5. The van der Waals surface area contributed by atoms with E-state index in [-0.39, 0.29) is 0 Å². The molecule has 0 aliphatic carbocycles. The van der Waals surface area contributed by atoms with Crippen LogP contribution in [0.2, 0.25) is 0 Å². The molecule has 1 aromatic rings. The Morgan fingerprint density at radius 1 is 1.35 bits per heavy atom. The van der Waals surface area contributed by atoms with Gasteiger partial charge in [-0.15, -0.1) is 0 Å². The van der Waals surface area contributed by atoms with Crippen molar-refractivity contribution >= 4 is 11.6 Å². The van der Waals surface area contributed by atoms with Gasteiger partial charge >= 0.3 is 0 Å². The van der Waals surface area contributed by atoms with Crippen LogP contribution in [0.3, 0.4) is 0 Å². The van der Waals surface area contributed by atoms with Crippen molar-refractivity contribution in [3.8, 4) is 0 Å². The Morgan fingerprint density at radius 3 is 2.75 bits per heavy atom. The zero-order valence-electron chi connectivity index (χ0n) is 12.7. The molecule has 1 fully saturated rings. The molecule has 1 saturated heterocycles. The van der Waals surface area contributed by atoms with Crippen LogP contribution in [0.1, 0.15) is 13.3 Å². The number of anilines is 2. The molecule has 1 unspecified atom stereocenters. The molecule has 0 radical (unpaired) electrons. The molecule has 1 aliphatic rings. The predicted molar refractivity (Wildman–Crippen MR) is 81.3 cm³/mol. The summed E-state index contributed by atoms with van der Waals surface area (Å²) in [5.41, 5.74) is 0. The summed E-state index contributed by atoms with van der Waals surface area (Å²) < 4.78 is 5.41. The largest absolute Gasteiger partial charge is 0.379 e. The minimum absolute atomic E-state index is 0.517. The Labute approximate surface area is 121 Å². The van der Waals surface area contributed by atoms with Crippen molar-refractivity contribution in [3.63, 3.8) is 0 Å². The summed E-state index contributed by atoms with van der Waals surface area (Å²) in [6.07, 6.45) is 4.66. The molecule has 1 aliphatic heterocycles. The first-order valence-electron chi connectivity index (χ1n) is 7.25. The summed E-state index contributed by atoms with van der Waals surface area (Å²) in [4.78, 5) is 13.2. The number of morpholine rings is 1. The van der Waals surface area contributed by atoms with Crippen LogP contribution in [-0.2, 0) is 4.74 Å². The summed E-state index contributed by atoms with van der Waals surface area (Å²) in [6.45, 7) is 6.83. The lowest BCUT2D eigenvalue weighted by molar-refractivity contribution is 0.0184. The maximum Gasteiger partial charge on any atom is 0.149 e. The summed E-state index contributed by atoms with van der Waals surface area (Å²) in [6, 6.07) is 0.517. The van der Waals surface area contributed by atoms with E-state index in [0.717, 1.165) is 50.9 Å². The van der Waals surface area contributed by atoms with E-state index < -0.39 is 0 Å². The second-order valence-corrected chi connectivity index (χ2v) is 5.25. The van der Waals surface area contributed by atoms with Gasteiger partial charge in [-0.25, -0.2) is 4.98 Å². The summed E-state index contributed by atoms with van der Waals surface area (Å²) in [5.74, 6) is 1.71. The highest BCUT2D eigenvalue weighted by molar-refractivity contribution is 5.42. The predicted octanol–water partition coefficient (Wildman–Crippen LogP) is 1.07. The Bertz CT molecular complexity index is 406. The van der Waals surface area contributed by atoms with Crippen LogP contribution in [0.25, 0.3) is 0 Å². The van der Waals surface area contributed by atoms with Gasteiger partial charge in [0, 0.05) is 39.8 Å². The van der Waals surface area contributed by atoms with Crippen LogP contribution in [0.5, 0.6) is 0 Å². The number of hydrogen-bond donors (Lipinski definition) is 1. The van der Waals surface area contributed by atoms with Gasteiger partial charge in [-0.3, -0.25) is 9.88 Å². The molecule has 0 saturated carbocycles. The van der Waals surface area contributed by atoms with Crippen molar-refractivity contribution in [1.29, 1.82) is 0 Å². The van der Waals surface area contributed by atoms with Crippen molar-refractivity contribution in [3.05, 3.63) is 12.4 Å². The van der Waals surface area contributed by atoms with Gasteiger partial charge in [-0.1, -0.05) is 6.92 Å². The van der Waals surface area contributed by atoms with E-state index in [1.807, 2.05) is 19.0 Å². The highest BCUT2D eigenvalue weighted by Gasteiger charge is 2.19. The second-order valence-electron chi connectivity index (χ2n) is 5.25. The minimum Gasteiger partial charge on any atom is -0.379 e. The molecule has 2 rings (SSSR count). The Hall–Kier alpha value is -1.40. The Kier molecular flexibility index (Phi) is 5.55. The second kappa shape index (κ2) is 7.40. The zero-order valence-corrected chi connectivity index (χ0v) is 12.7. The normalized spacial score (nSPS) is 17.8. The molecular formula is C14H25N5O. The molecule has 1 N–H and O–H groups in total. The molecule has 2 heterocycles. The molecule has 1 atom stereocenters. The molecule has 20 heavy (non-hydrogen) atoms. The van der Waals surface area contributed by atoms with E-state index in [0.29, 0.717) is 6.04 Å². The van der Waals surface area contributed by atoms with E-state index in [2.05, 4.69) is 27.1 Å². The third kappa shape index (κ3) is 4.05. The van der Waals surface area contributed by atoms with Crippen LogP contribution in [-0.4, -0.2) is 67.9 Å². The Morgan fingerprint density at radius 2 is 2.10 bits per heavy atom. The molecule has 1 aromatic heterocycles. The van der Waals surface area contributed by atoms with Gasteiger partial charge in [0.15, 0.2) is 0 Å². The van der Waals surface area contributed by atoms with E-state index >= 15 is 0 Å². The van der Waals surface area contributed by atoms with Gasteiger partial charge in [0.2, 0.25) is 0 Å². The van der Waals surface area contributed by atoms with Crippen LogP contribution in [0.4, 0.5) is 11.6 Å². The number of rotatable bonds is 6. The van der Waals surface area contributed by atoms with E-state index in [9.17, 15) is 0 Å². The standard InChI is InChI=1S/C14H25N5O/c1-4-12(19-5-7-20-8-6-19)9-16-13-10-15-11-14(17-13)18(2)3/h10-12H,4-9H2,1-3H3,(H,16,17). The van der Waals surface area contributed by atoms with Gasteiger partial charge in [0.05, 0.1) is 25.6 Å². The maximum absolute atomic E-state index is 5.41. The van der Waals surface area contributed by atoms with Gasteiger partial charge < -0.3 is 15.0 Å². The van der Waals surface area contributed by atoms with Gasteiger partial charge in [-0.2, -0.15) is 0 Å². The van der Waals surface area contributed by atoms with Gasteiger partial charge in [-0.05, 0) is 6.42 Å². The lowest BCUT2D eigenvalue weighted by Gasteiger charge is -2.34. The third-order valence-corrected chi connectivity index (χ3v) is 3.63. The fourth-order valence-electron chi connectivity index (χ4n) is 2.35. The number of aromatic nitrogens is 2. The maximum atomic E-state index is 5.41. The van der Waals surface area contributed by atoms with E-state index in [1.165, 1.54) is 0 Å². The molecule has 6 nitrogen and oxygen atoms in total. The average molecular weight is 279 g/mol. The topological polar surface area (TPSA) is 53.5 Å². The number of nitrogens with zero attached hydrogens (tertiary/aromatic N) is 4. The average Bonchev–Trinajstić information content (AvgIpc) is 2.49. The SMILES string of the molecule is CCC(CNc1cncc(N(C)C)n1)N1CCOCC1. The first kappa shape index (κ1) is 15.0. The van der Waals surface area contributed by atoms with Crippen molar-refractivity contribution in [2.45, 2.75) is 19.4 Å². The van der Waals surface area contributed by atoms with Crippen LogP contribution in [0.15, 0.2) is 12.4 Å². The minimum atomic E-state index is 0.517. The van der Waals surface area contributed by atoms with Crippen LogP contribution >= 0.6 is 0 Å². The van der Waals surface area contributed by atoms with Crippen molar-refractivity contribution in [2.75, 3.05) is 57.2 Å². The zero-order chi connectivity index (χ0) is 14.4. The lowest BCUT2D eigenvalue weighted by atomic mass is 10.2.